The molecule has 3 aromatic rings. The van der Waals surface area contributed by atoms with Crippen LogP contribution in [0.15, 0.2) is 71.6 Å². The van der Waals surface area contributed by atoms with Crippen molar-refractivity contribution in [3.05, 3.63) is 98.8 Å². The van der Waals surface area contributed by atoms with Gasteiger partial charge in [-0.25, -0.2) is 12.8 Å². The van der Waals surface area contributed by atoms with Crippen LogP contribution >= 0.6 is 34.8 Å². The molecule has 33 heavy (non-hydrogen) atoms. The van der Waals surface area contributed by atoms with Gasteiger partial charge >= 0.3 is 0 Å². The van der Waals surface area contributed by atoms with Crippen LogP contribution in [0.1, 0.15) is 29.5 Å². The normalized spacial score (nSPS) is 21.3. The summed E-state index contributed by atoms with van der Waals surface area (Å²) >= 11 is 18.5. The molecule has 1 heterocycles. The molecule has 0 saturated heterocycles. The van der Waals surface area contributed by atoms with Crippen LogP contribution < -0.4 is 10.0 Å². The zero-order valence-corrected chi connectivity index (χ0v) is 20.1. The third-order valence-corrected chi connectivity index (χ3v) is 8.66. The molecular weight excluding hydrogens is 506 g/mol. The second-order valence-corrected chi connectivity index (χ2v) is 10.9. The molecule has 0 fully saturated rings. The zero-order valence-electron chi connectivity index (χ0n) is 17.0. The van der Waals surface area contributed by atoms with Crippen molar-refractivity contribution >= 4 is 56.2 Å². The maximum absolute atomic E-state index is 14.7. The predicted molar refractivity (Wildman–Crippen MR) is 131 cm³/mol. The molecule has 0 saturated carbocycles. The molecule has 1 aliphatic carbocycles. The summed E-state index contributed by atoms with van der Waals surface area (Å²) in [7, 11) is -3.92. The molecule has 0 radical (unpaired) electrons. The molecule has 0 amide bonds. The SMILES string of the molecule is O=S(=O)(Nc1cccc(Cl)c1Cl)c1ccc2c(c1)[C@H]1C=CC[C@H]1[C@@H](c1c(F)cccc1Cl)N2. The summed E-state index contributed by atoms with van der Waals surface area (Å²) in [6.45, 7) is 0. The van der Waals surface area contributed by atoms with Gasteiger partial charge in [-0.2, -0.15) is 0 Å². The number of hydrogen-bond acceptors (Lipinski definition) is 3. The molecule has 170 valence electrons. The summed E-state index contributed by atoms with van der Waals surface area (Å²) in [5.41, 5.74) is 2.20. The summed E-state index contributed by atoms with van der Waals surface area (Å²) in [5, 5.41) is 4.14. The lowest BCUT2D eigenvalue weighted by molar-refractivity contribution is 0.413. The smallest absolute Gasteiger partial charge is 0.261 e. The van der Waals surface area contributed by atoms with E-state index >= 15 is 0 Å². The van der Waals surface area contributed by atoms with Crippen molar-refractivity contribution in [1.82, 2.24) is 0 Å². The summed E-state index contributed by atoms with van der Waals surface area (Å²) in [4.78, 5) is 0.0977. The topological polar surface area (TPSA) is 58.2 Å². The Morgan fingerprint density at radius 1 is 1.00 bits per heavy atom. The van der Waals surface area contributed by atoms with Gasteiger partial charge in [-0.1, -0.05) is 59.1 Å². The second-order valence-electron chi connectivity index (χ2n) is 8.07. The van der Waals surface area contributed by atoms with E-state index in [0.717, 1.165) is 17.7 Å². The van der Waals surface area contributed by atoms with Gasteiger partial charge in [0.15, 0.2) is 0 Å². The number of allylic oxidation sites excluding steroid dienone is 2. The van der Waals surface area contributed by atoms with Crippen LogP contribution in [0.2, 0.25) is 15.1 Å². The van der Waals surface area contributed by atoms with Crippen molar-refractivity contribution in [2.45, 2.75) is 23.3 Å². The molecule has 0 bridgehead atoms. The Kier molecular flexibility index (Phi) is 5.81. The van der Waals surface area contributed by atoms with Gasteiger partial charge in [0.25, 0.3) is 10.0 Å². The number of rotatable bonds is 4. The molecule has 1 aliphatic heterocycles. The van der Waals surface area contributed by atoms with Gasteiger partial charge in [0.2, 0.25) is 0 Å². The molecule has 3 atom stereocenters. The van der Waals surface area contributed by atoms with Crippen molar-refractivity contribution in [3.63, 3.8) is 0 Å². The minimum atomic E-state index is -3.92. The van der Waals surface area contributed by atoms with E-state index in [1.165, 1.54) is 12.1 Å². The molecule has 0 unspecified atom stereocenters. The summed E-state index contributed by atoms with van der Waals surface area (Å²) in [6, 6.07) is 13.9. The molecule has 0 aromatic heterocycles. The largest absolute Gasteiger partial charge is 0.378 e. The lowest BCUT2D eigenvalue weighted by Gasteiger charge is -2.38. The molecular formula is C24H18Cl3FN2O2S. The van der Waals surface area contributed by atoms with E-state index in [4.69, 9.17) is 34.8 Å². The van der Waals surface area contributed by atoms with Crippen molar-refractivity contribution in [2.24, 2.45) is 5.92 Å². The standard InChI is InChI=1S/C24H18Cl3FN2O2S/c25-17-6-2-8-19(28)22(17)24-15-5-1-4-14(15)16-12-13(10-11-20(16)29-24)33(31,32)30-21-9-3-7-18(26)23(21)27/h1-4,6-12,14-15,24,29-30H,5H2/t14-,15+,24-/m0/s1. The Balaban J connectivity index is 1.53. The summed E-state index contributed by atoms with van der Waals surface area (Å²) < 4.78 is 43.4. The van der Waals surface area contributed by atoms with Gasteiger partial charge < -0.3 is 5.32 Å². The van der Waals surface area contributed by atoms with Crippen molar-refractivity contribution in [1.29, 1.82) is 0 Å². The highest BCUT2D eigenvalue weighted by Crippen LogP contribution is 2.51. The highest BCUT2D eigenvalue weighted by atomic mass is 35.5. The first-order valence-corrected chi connectivity index (χ1v) is 12.9. The number of fused-ring (bicyclic) bond motifs is 3. The maximum Gasteiger partial charge on any atom is 0.261 e. The van der Waals surface area contributed by atoms with E-state index in [2.05, 4.69) is 10.0 Å². The van der Waals surface area contributed by atoms with Crippen molar-refractivity contribution in [2.75, 3.05) is 10.0 Å². The fourth-order valence-electron chi connectivity index (χ4n) is 4.62. The van der Waals surface area contributed by atoms with Gasteiger partial charge in [-0.15, -0.1) is 0 Å². The first kappa shape index (κ1) is 22.5. The number of halogens is 4. The fraction of sp³-hybridized carbons (Fsp3) is 0.167. The van der Waals surface area contributed by atoms with E-state index < -0.39 is 10.0 Å². The molecule has 3 aromatic carbocycles. The number of sulfonamides is 1. The number of hydrogen-bond donors (Lipinski definition) is 2. The van der Waals surface area contributed by atoms with E-state index in [9.17, 15) is 12.8 Å². The van der Waals surface area contributed by atoms with Gasteiger partial charge in [0.1, 0.15) is 5.82 Å². The first-order valence-electron chi connectivity index (χ1n) is 10.2. The van der Waals surface area contributed by atoms with E-state index in [0.29, 0.717) is 10.6 Å². The molecule has 2 aliphatic rings. The number of nitrogens with one attached hydrogen (secondary N) is 2. The average Bonchev–Trinajstić information content (AvgIpc) is 3.27. The third-order valence-electron chi connectivity index (χ3n) is 6.15. The van der Waals surface area contributed by atoms with E-state index in [-0.39, 0.29) is 44.3 Å². The van der Waals surface area contributed by atoms with Crippen LogP contribution in [-0.4, -0.2) is 8.42 Å². The molecule has 5 rings (SSSR count). The van der Waals surface area contributed by atoms with Crippen LogP contribution in [0.4, 0.5) is 15.8 Å². The van der Waals surface area contributed by atoms with Crippen LogP contribution in [0, 0.1) is 11.7 Å². The minimum Gasteiger partial charge on any atom is -0.378 e. The van der Waals surface area contributed by atoms with Crippen LogP contribution in [-0.2, 0) is 10.0 Å². The van der Waals surface area contributed by atoms with E-state index in [1.807, 2.05) is 12.2 Å². The van der Waals surface area contributed by atoms with Crippen molar-refractivity contribution < 1.29 is 12.8 Å². The molecule has 2 N–H and O–H groups in total. The zero-order chi connectivity index (χ0) is 23.3. The van der Waals surface area contributed by atoms with Crippen molar-refractivity contribution in [3.8, 4) is 0 Å². The third kappa shape index (κ3) is 3.99. The Morgan fingerprint density at radius 3 is 2.55 bits per heavy atom. The van der Waals surface area contributed by atoms with Gasteiger partial charge in [-0.3, -0.25) is 4.72 Å². The molecule has 9 heteroatoms. The highest BCUT2D eigenvalue weighted by molar-refractivity contribution is 7.92. The number of benzene rings is 3. The van der Waals surface area contributed by atoms with Crippen LogP contribution in [0.5, 0.6) is 0 Å². The predicted octanol–water partition coefficient (Wildman–Crippen LogP) is 7.41. The lowest BCUT2D eigenvalue weighted by Crippen LogP contribution is -2.30. The fourth-order valence-corrected chi connectivity index (χ4v) is 6.41. The number of anilines is 2. The van der Waals surface area contributed by atoms with E-state index in [1.54, 1.807) is 42.5 Å². The quantitative estimate of drug-likeness (QED) is 0.350. The van der Waals surface area contributed by atoms with Crippen LogP contribution in [0.25, 0.3) is 0 Å². The average molecular weight is 524 g/mol. The van der Waals surface area contributed by atoms with Gasteiger partial charge in [0.05, 0.1) is 26.7 Å². The summed E-state index contributed by atoms with van der Waals surface area (Å²) in [5.74, 6) is -0.442. The van der Waals surface area contributed by atoms with Gasteiger partial charge in [-0.05, 0) is 60.4 Å². The van der Waals surface area contributed by atoms with Gasteiger partial charge in [0, 0.05) is 22.2 Å². The van der Waals surface area contributed by atoms with Crippen LogP contribution in [0.3, 0.4) is 0 Å². The maximum atomic E-state index is 14.7. The second kappa shape index (κ2) is 8.51. The highest BCUT2D eigenvalue weighted by Gasteiger charge is 2.40. The minimum absolute atomic E-state index is 0.000174. The Labute approximate surface area is 206 Å². The summed E-state index contributed by atoms with van der Waals surface area (Å²) in [6.07, 6.45) is 4.81. The monoisotopic (exact) mass is 522 g/mol. The molecule has 0 spiro atoms. The molecule has 4 nitrogen and oxygen atoms in total. The Bertz CT molecular complexity index is 1370. The Morgan fingerprint density at radius 2 is 1.76 bits per heavy atom. The Hall–Kier alpha value is -2.25. The first-order chi connectivity index (χ1) is 15.8. The lowest BCUT2D eigenvalue weighted by atomic mass is 9.77.